The standard InChI is InChI=1S/C74H78N20O14/c95-61(75-41-37-53-67(101)87-59-29-7-17-45(79-59)71(105)91-35-11-21-49(91)63(97)83-55-25-5-15-43(77-55)69(103)89-33-13-23-51(89)65(99)85-57-27-9-19-47(81-57)73(107)93(53)39-41)31-3-1-2-4-32-62(96)76-42-38-54-68(102)88-60-30-8-18-46(80-60)72(106)92-36-12-22-50(92)64(98)84-56-26-6-16-44(78-56)70(104)90-34-14-24-52(90)66(100)86-58-28-10-20-48(82-58)74(108)94(54)40-42/h5-10,15-20,25-30,41-42,49-54H,1-4,11-14,21-24,31-40H2,(H,75,95)(H,76,96)(H,77,83,97)(H,78,84,98)(H,79,87,101)(H,80,88,102)(H,81,85,99)(H,82,86,100)/t41-,42-,49?,50?,51?,52?,53?,54?/m0/s1. The minimum absolute atomic E-state index is 0.00382. The summed E-state index contributed by atoms with van der Waals surface area (Å²) in [6.45, 7) is 0.647. The van der Waals surface area contributed by atoms with Crippen molar-refractivity contribution in [1.82, 2.24) is 69.9 Å². The lowest BCUT2D eigenvalue weighted by Gasteiger charge is -2.25. The van der Waals surface area contributed by atoms with Gasteiger partial charge in [0.15, 0.2) is 0 Å². The number of hydrogen-bond acceptors (Lipinski definition) is 20. The third kappa shape index (κ3) is 15.9. The molecule has 8 atom stereocenters. The summed E-state index contributed by atoms with van der Waals surface area (Å²) >= 11 is 0. The molecule has 6 saturated heterocycles. The van der Waals surface area contributed by atoms with E-state index in [4.69, 9.17) is 0 Å². The summed E-state index contributed by atoms with van der Waals surface area (Å²) in [5, 5.41) is 22.4. The van der Waals surface area contributed by atoms with Crippen LogP contribution in [0.15, 0.2) is 109 Å². The predicted molar refractivity (Wildman–Crippen MR) is 384 cm³/mol. The van der Waals surface area contributed by atoms with Crippen LogP contribution >= 0.6 is 0 Å². The van der Waals surface area contributed by atoms with Crippen LogP contribution in [-0.4, -0.2) is 230 Å². The first-order chi connectivity index (χ1) is 52.3. The lowest BCUT2D eigenvalue weighted by atomic mass is 10.1. The normalized spacial score (nSPS) is 23.6. The molecule has 6 aromatic rings. The molecule has 12 bridgehead atoms. The number of hydrogen-bond donors (Lipinski definition) is 8. The number of nitrogens with one attached hydrogen (secondary N) is 8. The summed E-state index contributed by atoms with van der Waals surface area (Å²) in [5.41, 5.74) is -0.454. The third-order valence-electron chi connectivity index (χ3n) is 20.6. The first-order valence-corrected chi connectivity index (χ1v) is 36.4. The van der Waals surface area contributed by atoms with Crippen molar-refractivity contribution in [3.8, 4) is 0 Å². The minimum atomic E-state index is -1.21. The molecule has 8 aliphatic heterocycles. The maximum atomic E-state index is 14.6. The van der Waals surface area contributed by atoms with E-state index in [9.17, 15) is 67.1 Å². The fourth-order valence-corrected chi connectivity index (χ4v) is 15.4. The third-order valence-corrected chi connectivity index (χ3v) is 20.6. The molecule has 0 aromatic carbocycles. The molecule has 8 aliphatic rings. The van der Waals surface area contributed by atoms with Crippen LogP contribution in [0.2, 0.25) is 0 Å². The van der Waals surface area contributed by atoms with Crippen molar-refractivity contribution in [1.29, 1.82) is 0 Å². The zero-order chi connectivity index (χ0) is 75.3. The molecule has 558 valence electrons. The van der Waals surface area contributed by atoms with Gasteiger partial charge in [0.2, 0.25) is 47.3 Å². The number of aromatic nitrogens is 6. The number of unbranched alkanes of at least 4 members (excludes halogenated alkanes) is 3. The van der Waals surface area contributed by atoms with E-state index in [1.54, 1.807) is 12.1 Å². The zero-order valence-corrected chi connectivity index (χ0v) is 58.6. The minimum Gasteiger partial charge on any atom is -0.351 e. The first kappa shape index (κ1) is 72.4. The van der Waals surface area contributed by atoms with Gasteiger partial charge in [0.25, 0.3) is 35.4 Å². The average Bonchev–Trinajstić information content (AvgIpc) is 1.61. The van der Waals surface area contributed by atoms with Crippen LogP contribution in [0.25, 0.3) is 0 Å². The molecule has 0 spiro atoms. The van der Waals surface area contributed by atoms with Crippen LogP contribution in [0.5, 0.6) is 0 Å². The second-order valence-corrected chi connectivity index (χ2v) is 27.9. The number of pyridine rings is 6. The maximum absolute atomic E-state index is 14.6. The van der Waals surface area contributed by atoms with Gasteiger partial charge in [0, 0.05) is 64.2 Å². The van der Waals surface area contributed by atoms with E-state index in [2.05, 4.69) is 72.4 Å². The van der Waals surface area contributed by atoms with E-state index in [-0.39, 0.29) is 146 Å². The molecule has 108 heavy (non-hydrogen) atoms. The molecule has 14 rings (SSSR count). The van der Waals surface area contributed by atoms with E-state index >= 15 is 0 Å². The number of amides is 14. The number of carbonyl (C=O) groups is 14. The molecule has 6 fully saturated rings. The Kier molecular flexibility index (Phi) is 21.2. The average molecular weight is 1470 g/mol. The van der Waals surface area contributed by atoms with Crippen LogP contribution in [0, 0.1) is 0 Å². The van der Waals surface area contributed by atoms with Gasteiger partial charge in [-0.05, 0) is 150 Å². The van der Waals surface area contributed by atoms with Gasteiger partial charge in [-0.15, -0.1) is 0 Å². The maximum Gasteiger partial charge on any atom is 0.273 e. The van der Waals surface area contributed by atoms with E-state index in [0.29, 0.717) is 77.0 Å². The van der Waals surface area contributed by atoms with Crippen molar-refractivity contribution in [3.05, 3.63) is 143 Å². The molecule has 6 unspecified atom stereocenters. The van der Waals surface area contributed by atoms with Crippen LogP contribution in [0.1, 0.15) is 166 Å². The number of anilines is 6. The molecular formula is C74H78N20O14. The van der Waals surface area contributed by atoms with Gasteiger partial charge in [0.1, 0.15) is 105 Å². The number of nitrogens with zero attached hydrogens (tertiary/aromatic N) is 12. The Morgan fingerprint density at radius 1 is 0.306 bits per heavy atom. The Bertz CT molecular complexity index is 4370. The zero-order valence-electron chi connectivity index (χ0n) is 58.6. The Morgan fingerprint density at radius 2 is 0.528 bits per heavy atom. The SMILES string of the molecule is O=C(CCCCCCC(=O)N[C@H]1CC2C(=O)Nc3cccc(n3)C(=O)N3CCCC3C(=O)Nc3cccc(n3)C(=O)N3CCCC3C(=O)Nc3cccc(n3)C(=O)N2C1)N[C@H]1CC2C(=O)Nc3cccc(n3)C(=O)N3CCCC3C(=O)Nc3cccc(n3)C(=O)N3CCCC3C(=O)Nc3cccc(n3)C(=O)N2C1. The molecule has 0 saturated carbocycles. The van der Waals surface area contributed by atoms with Crippen LogP contribution < -0.4 is 42.5 Å². The Balaban J connectivity index is 0.612. The van der Waals surface area contributed by atoms with Gasteiger partial charge >= 0.3 is 0 Å². The molecule has 6 aromatic heterocycles. The monoisotopic (exact) mass is 1470 g/mol. The van der Waals surface area contributed by atoms with Crippen molar-refractivity contribution in [2.24, 2.45) is 0 Å². The largest absolute Gasteiger partial charge is 0.351 e. The summed E-state index contributed by atoms with van der Waals surface area (Å²) in [4.78, 5) is 232. The van der Waals surface area contributed by atoms with Gasteiger partial charge in [-0.1, -0.05) is 49.2 Å². The van der Waals surface area contributed by atoms with Crippen LogP contribution in [-0.2, 0) is 38.4 Å². The Morgan fingerprint density at radius 3 is 0.769 bits per heavy atom. The van der Waals surface area contributed by atoms with Gasteiger partial charge in [-0.3, -0.25) is 67.1 Å². The lowest BCUT2D eigenvalue weighted by Crippen LogP contribution is -2.45. The highest BCUT2D eigenvalue weighted by Gasteiger charge is 2.45. The fourth-order valence-electron chi connectivity index (χ4n) is 15.4. The second kappa shape index (κ2) is 31.7. The van der Waals surface area contributed by atoms with E-state index < -0.39 is 119 Å². The molecule has 0 aliphatic carbocycles. The number of rotatable bonds is 9. The van der Waals surface area contributed by atoms with Crippen molar-refractivity contribution < 1.29 is 67.1 Å². The highest BCUT2D eigenvalue weighted by Crippen LogP contribution is 2.31. The second-order valence-electron chi connectivity index (χ2n) is 27.9. The molecule has 34 nitrogen and oxygen atoms in total. The molecule has 14 amide bonds. The summed E-state index contributed by atoms with van der Waals surface area (Å²) < 4.78 is 0. The van der Waals surface area contributed by atoms with Gasteiger partial charge < -0.3 is 71.9 Å². The van der Waals surface area contributed by atoms with E-state index in [1.807, 2.05) is 0 Å². The molecule has 0 radical (unpaired) electrons. The summed E-state index contributed by atoms with van der Waals surface area (Å²) in [7, 11) is 0. The summed E-state index contributed by atoms with van der Waals surface area (Å²) in [6, 6.07) is 19.1. The van der Waals surface area contributed by atoms with Gasteiger partial charge in [0.05, 0.1) is 0 Å². The molecular weight excluding hydrogens is 1390 g/mol. The molecule has 14 heterocycles. The Labute approximate surface area is 617 Å². The molecule has 34 heteroatoms. The molecule has 8 N–H and O–H groups in total. The van der Waals surface area contributed by atoms with Gasteiger partial charge in [-0.2, -0.15) is 0 Å². The van der Waals surface area contributed by atoms with Crippen molar-refractivity contribution in [2.45, 2.75) is 151 Å². The van der Waals surface area contributed by atoms with Crippen LogP contribution in [0.3, 0.4) is 0 Å². The first-order valence-electron chi connectivity index (χ1n) is 36.4. The number of fused-ring (bicyclic) bond motifs is 18. The lowest BCUT2D eigenvalue weighted by molar-refractivity contribution is -0.123. The van der Waals surface area contributed by atoms with E-state index in [0.717, 1.165) is 0 Å². The summed E-state index contributed by atoms with van der Waals surface area (Å²) in [5.74, 6) is -7.94. The van der Waals surface area contributed by atoms with E-state index in [1.165, 1.54) is 126 Å². The van der Waals surface area contributed by atoms with Gasteiger partial charge in [-0.25, -0.2) is 29.9 Å². The van der Waals surface area contributed by atoms with Crippen molar-refractivity contribution in [3.63, 3.8) is 0 Å². The summed E-state index contributed by atoms with van der Waals surface area (Å²) in [6.07, 6.45) is 5.12. The quantitative estimate of drug-likeness (QED) is 0.0962. The fraction of sp³-hybridized carbons (Fsp3) is 0.405. The Hall–Kier alpha value is -12.5. The predicted octanol–water partition coefficient (Wildman–Crippen LogP) is 3.37. The smallest absolute Gasteiger partial charge is 0.273 e. The highest BCUT2D eigenvalue weighted by molar-refractivity contribution is 6.07. The topological polar surface area (TPSA) is 432 Å². The van der Waals surface area contributed by atoms with Crippen molar-refractivity contribution >= 4 is 118 Å². The number of carbonyl (C=O) groups excluding carboxylic acids is 14. The highest BCUT2D eigenvalue weighted by atomic mass is 16.2. The van der Waals surface area contributed by atoms with Crippen LogP contribution in [0.4, 0.5) is 34.9 Å². The van der Waals surface area contributed by atoms with Crippen molar-refractivity contribution in [2.75, 3.05) is 71.2 Å².